The molecule has 1 amide bonds. The van der Waals surface area contributed by atoms with Crippen LogP contribution in [0.4, 0.5) is 5.69 Å². The van der Waals surface area contributed by atoms with E-state index >= 15 is 0 Å². The van der Waals surface area contributed by atoms with Gasteiger partial charge in [0.2, 0.25) is 10.0 Å². The maximum Gasteiger partial charge on any atom is 0.251 e. The van der Waals surface area contributed by atoms with E-state index in [-0.39, 0.29) is 11.9 Å². The molecule has 0 spiro atoms. The first-order valence-electron chi connectivity index (χ1n) is 6.47. The first-order valence-corrected chi connectivity index (χ1v) is 8.32. The molecule has 0 aliphatic heterocycles. The van der Waals surface area contributed by atoms with E-state index in [1.54, 1.807) is 24.3 Å². The second-order valence-corrected chi connectivity index (χ2v) is 7.30. The zero-order valence-electron chi connectivity index (χ0n) is 12.5. The van der Waals surface area contributed by atoms with Crippen molar-refractivity contribution in [2.24, 2.45) is 5.92 Å². The minimum atomic E-state index is -3.29. The quantitative estimate of drug-likeness (QED) is 0.902. The number of benzene rings is 1. The molecule has 0 fully saturated rings. The Bertz CT molecular complexity index is 565. The van der Waals surface area contributed by atoms with Gasteiger partial charge >= 0.3 is 0 Å². The number of carbonyl (C=O) groups is 1. The molecule has 1 atom stereocenters. The highest BCUT2D eigenvalue weighted by atomic mass is 32.2. The van der Waals surface area contributed by atoms with Crippen molar-refractivity contribution in [3.05, 3.63) is 29.8 Å². The number of carbonyl (C=O) groups excluding carboxylic acids is 1. The molecule has 112 valence electrons. The Labute approximate surface area is 121 Å². The third-order valence-electron chi connectivity index (χ3n) is 3.35. The van der Waals surface area contributed by atoms with Crippen LogP contribution >= 0.6 is 0 Å². The maximum absolute atomic E-state index is 12.0. The Morgan fingerprint density at radius 2 is 1.65 bits per heavy atom. The van der Waals surface area contributed by atoms with Gasteiger partial charge in [-0.15, -0.1) is 0 Å². The summed E-state index contributed by atoms with van der Waals surface area (Å²) in [4.78, 5) is 12.0. The molecule has 5 nitrogen and oxygen atoms in total. The third kappa shape index (κ3) is 4.23. The van der Waals surface area contributed by atoms with E-state index in [9.17, 15) is 13.2 Å². The van der Waals surface area contributed by atoms with E-state index in [2.05, 4.69) is 5.32 Å². The van der Waals surface area contributed by atoms with Crippen molar-refractivity contribution in [2.75, 3.05) is 17.6 Å². The van der Waals surface area contributed by atoms with Gasteiger partial charge in [-0.2, -0.15) is 0 Å². The Kier molecular flexibility index (Phi) is 5.16. The fourth-order valence-electron chi connectivity index (χ4n) is 1.47. The highest BCUT2D eigenvalue weighted by molar-refractivity contribution is 7.92. The number of nitrogens with one attached hydrogen (secondary N) is 1. The van der Waals surface area contributed by atoms with Gasteiger partial charge < -0.3 is 5.32 Å². The molecule has 0 aliphatic rings. The molecular weight excluding hydrogens is 276 g/mol. The number of hydrogen-bond acceptors (Lipinski definition) is 3. The summed E-state index contributed by atoms with van der Waals surface area (Å²) in [5.74, 6) is 0.203. The number of anilines is 1. The summed E-state index contributed by atoms with van der Waals surface area (Å²) < 4.78 is 24.0. The molecular formula is C14H22N2O3S. The van der Waals surface area contributed by atoms with Crippen LogP contribution < -0.4 is 9.62 Å². The number of hydrogen-bond donors (Lipinski definition) is 1. The molecule has 0 aliphatic carbocycles. The van der Waals surface area contributed by atoms with Crippen LogP contribution in [0.3, 0.4) is 0 Å². The van der Waals surface area contributed by atoms with Crippen molar-refractivity contribution < 1.29 is 13.2 Å². The molecule has 1 N–H and O–H groups in total. The second-order valence-electron chi connectivity index (χ2n) is 5.28. The van der Waals surface area contributed by atoms with Crippen LogP contribution in [-0.2, 0) is 10.0 Å². The van der Waals surface area contributed by atoms with Gasteiger partial charge in [-0.25, -0.2) is 8.42 Å². The normalized spacial score (nSPS) is 13.1. The zero-order valence-corrected chi connectivity index (χ0v) is 13.4. The smallest absolute Gasteiger partial charge is 0.251 e. The van der Waals surface area contributed by atoms with Gasteiger partial charge in [-0.3, -0.25) is 9.10 Å². The van der Waals surface area contributed by atoms with E-state index in [1.165, 1.54) is 11.4 Å². The lowest BCUT2D eigenvalue weighted by atomic mass is 10.1. The molecule has 0 bridgehead atoms. The van der Waals surface area contributed by atoms with Crippen molar-refractivity contribution in [1.82, 2.24) is 5.32 Å². The standard InChI is InChI=1S/C14H22N2O3S/c1-10(2)11(3)15-14(17)12-6-8-13(9-7-12)16(4)20(5,18)19/h6-11H,1-5H3,(H,15,17). The third-order valence-corrected chi connectivity index (χ3v) is 4.56. The van der Waals surface area contributed by atoms with E-state index in [0.717, 1.165) is 6.26 Å². The van der Waals surface area contributed by atoms with E-state index in [1.807, 2.05) is 20.8 Å². The lowest BCUT2D eigenvalue weighted by Gasteiger charge is -2.19. The summed E-state index contributed by atoms with van der Waals surface area (Å²) in [5.41, 5.74) is 1.05. The highest BCUT2D eigenvalue weighted by Gasteiger charge is 2.14. The van der Waals surface area contributed by atoms with Crippen molar-refractivity contribution in [3.63, 3.8) is 0 Å². The number of amides is 1. The van der Waals surface area contributed by atoms with Gasteiger partial charge in [0.05, 0.1) is 11.9 Å². The number of rotatable bonds is 5. The molecule has 0 saturated carbocycles. The molecule has 1 aromatic rings. The van der Waals surface area contributed by atoms with E-state index in [4.69, 9.17) is 0 Å². The van der Waals surface area contributed by atoms with Gasteiger partial charge in [0.15, 0.2) is 0 Å². The summed E-state index contributed by atoms with van der Waals surface area (Å²) in [6, 6.07) is 6.58. The van der Waals surface area contributed by atoms with Crippen molar-refractivity contribution >= 4 is 21.6 Å². The molecule has 1 rings (SSSR count). The molecule has 0 aromatic heterocycles. The molecule has 0 saturated heterocycles. The molecule has 20 heavy (non-hydrogen) atoms. The van der Waals surface area contributed by atoms with Crippen molar-refractivity contribution in [3.8, 4) is 0 Å². The largest absolute Gasteiger partial charge is 0.349 e. The average Bonchev–Trinajstić information content (AvgIpc) is 2.36. The summed E-state index contributed by atoms with van der Waals surface area (Å²) in [6.07, 6.45) is 1.14. The predicted molar refractivity (Wildman–Crippen MR) is 81.5 cm³/mol. The van der Waals surface area contributed by atoms with Crippen LogP contribution in [0.1, 0.15) is 31.1 Å². The summed E-state index contributed by atoms with van der Waals surface area (Å²) in [6.45, 7) is 6.03. The van der Waals surface area contributed by atoms with E-state index in [0.29, 0.717) is 17.2 Å². The van der Waals surface area contributed by atoms with Crippen LogP contribution in [-0.4, -0.2) is 33.7 Å². The second kappa shape index (κ2) is 6.26. The molecule has 0 heterocycles. The number of nitrogens with zero attached hydrogens (tertiary/aromatic N) is 1. The topological polar surface area (TPSA) is 66.5 Å². The summed E-state index contributed by atoms with van der Waals surface area (Å²) >= 11 is 0. The first-order chi connectivity index (χ1) is 9.12. The Balaban J connectivity index is 2.84. The van der Waals surface area contributed by atoms with Gasteiger partial charge in [-0.1, -0.05) is 13.8 Å². The van der Waals surface area contributed by atoms with Crippen LogP contribution in [0.2, 0.25) is 0 Å². The van der Waals surface area contributed by atoms with Gasteiger partial charge in [0.1, 0.15) is 0 Å². The van der Waals surface area contributed by atoms with Gasteiger partial charge in [0, 0.05) is 18.7 Å². The monoisotopic (exact) mass is 298 g/mol. The van der Waals surface area contributed by atoms with Gasteiger partial charge in [0.25, 0.3) is 5.91 Å². The van der Waals surface area contributed by atoms with Crippen molar-refractivity contribution in [2.45, 2.75) is 26.8 Å². The molecule has 1 aromatic carbocycles. The average molecular weight is 298 g/mol. The summed E-state index contributed by atoms with van der Waals surface area (Å²) in [5, 5.41) is 2.90. The predicted octanol–water partition coefficient (Wildman–Crippen LogP) is 1.86. The summed E-state index contributed by atoms with van der Waals surface area (Å²) in [7, 11) is -1.81. The lowest BCUT2D eigenvalue weighted by Crippen LogP contribution is -2.36. The zero-order chi connectivity index (χ0) is 15.5. The van der Waals surface area contributed by atoms with Crippen LogP contribution in [0.15, 0.2) is 24.3 Å². The number of sulfonamides is 1. The highest BCUT2D eigenvalue weighted by Crippen LogP contribution is 2.16. The molecule has 1 unspecified atom stereocenters. The first kappa shape index (κ1) is 16.5. The minimum absolute atomic E-state index is 0.0841. The van der Waals surface area contributed by atoms with Crippen molar-refractivity contribution in [1.29, 1.82) is 0 Å². The molecule has 0 radical (unpaired) electrons. The van der Waals surface area contributed by atoms with Gasteiger partial charge in [-0.05, 0) is 37.1 Å². The minimum Gasteiger partial charge on any atom is -0.349 e. The fourth-order valence-corrected chi connectivity index (χ4v) is 1.98. The Morgan fingerprint density at radius 3 is 2.05 bits per heavy atom. The lowest BCUT2D eigenvalue weighted by molar-refractivity contribution is 0.0930. The van der Waals surface area contributed by atoms with Crippen LogP contribution in [0.5, 0.6) is 0 Å². The maximum atomic E-state index is 12.0. The van der Waals surface area contributed by atoms with Crippen LogP contribution in [0, 0.1) is 5.92 Å². The molecule has 6 heteroatoms. The Hall–Kier alpha value is -1.56. The van der Waals surface area contributed by atoms with E-state index < -0.39 is 10.0 Å². The van der Waals surface area contributed by atoms with Crippen LogP contribution in [0.25, 0.3) is 0 Å². The Morgan fingerprint density at radius 1 is 1.15 bits per heavy atom. The fraction of sp³-hybridized carbons (Fsp3) is 0.500. The SMILES string of the molecule is CC(C)C(C)NC(=O)c1ccc(N(C)S(C)(=O)=O)cc1.